The van der Waals surface area contributed by atoms with Gasteiger partial charge in [-0.15, -0.1) is 12.3 Å². The summed E-state index contributed by atoms with van der Waals surface area (Å²) in [5.74, 6) is 2.65. The van der Waals surface area contributed by atoms with Crippen LogP contribution in [-0.4, -0.2) is 49.0 Å². The lowest BCUT2D eigenvalue weighted by atomic mass is 10.1. The number of likely N-dealkylation sites (tertiary alicyclic amines) is 1. The lowest BCUT2D eigenvalue weighted by Crippen LogP contribution is -2.37. The summed E-state index contributed by atoms with van der Waals surface area (Å²) in [4.78, 5) is 2.37. The molecule has 1 heterocycles. The predicted molar refractivity (Wildman–Crippen MR) is 55.9 cm³/mol. The molecule has 0 aliphatic carbocycles. The second-order valence-corrected chi connectivity index (χ2v) is 3.59. The molecule has 3 heteroatoms. The molecule has 0 amide bonds. The van der Waals surface area contributed by atoms with Crippen molar-refractivity contribution >= 4 is 0 Å². The molecule has 1 rings (SSSR count). The Bertz CT molecular complexity index is 180. The minimum atomic E-state index is 0.122. The Morgan fingerprint density at radius 3 is 2.71 bits per heavy atom. The van der Waals surface area contributed by atoms with E-state index in [1.165, 1.54) is 0 Å². The molecule has 1 N–H and O–H groups in total. The van der Waals surface area contributed by atoms with E-state index in [2.05, 4.69) is 10.8 Å². The van der Waals surface area contributed by atoms with Gasteiger partial charge in [-0.2, -0.15) is 0 Å². The van der Waals surface area contributed by atoms with Crippen molar-refractivity contribution < 1.29 is 9.84 Å². The number of aliphatic hydroxyl groups is 1. The van der Waals surface area contributed by atoms with Gasteiger partial charge in [0.1, 0.15) is 0 Å². The summed E-state index contributed by atoms with van der Waals surface area (Å²) in [5, 5.41) is 8.61. The lowest BCUT2D eigenvalue weighted by molar-refractivity contribution is -0.00731. The van der Waals surface area contributed by atoms with Crippen molar-refractivity contribution in [1.82, 2.24) is 4.90 Å². The summed E-state index contributed by atoms with van der Waals surface area (Å²) in [6.07, 6.45) is 8.50. The smallest absolute Gasteiger partial charge is 0.0701 e. The predicted octanol–water partition coefficient (Wildman–Crippen LogP) is 0.483. The van der Waals surface area contributed by atoms with E-state index in [4.69, 9.17) is 16.3 Å². The Morgan fingerprint density at radius 1 is 1.43 bits per heavy atom. The van der Waals surface area contributed by atoms with Crippen molar-refractivity contribution in [2.24, 2.45) is 0 Å². The fourth-order valence-electron chi connectivity index (χ4n) is 1.74. The molecule has 0 bridgehead atoms. The highest BCUT2D eigenvalue weighted by Gasteiger charge is 2.18. The van der Waals surface area contributed by atoms with Gasteiger partial charge in [0.2, 0.25) is 0 Å². The first-order valence-electron chi connectivity index (χ1n) is 5.25. The number of ether oxygens (including phenoxy) is 1. The average molecular weight is 197 g/mol. The third-order valence-electron chi connectivity index (χ3n) is 2.55. The fraction of sp³-hybridized carbons (Fsp3) is 0.818. The number of piperidine rings is 1. The SMILES string of the molecule is C#CCCN1CCC(OCCO)CC1. The van der Waals surface area contributed by atoms with Gasteiger partial charge in [-0.1, -0.05) is 0 Å². The van der Waals surface area contributed by atoms with Crippen LogP contribution < -0.4 is 0 Å². The number of nitrogens with zero attached hydrogens (tertiary/aromatic N) is 1. The topological polar surface area (TPSA) is 32.7 Å². The molecule has 1 aliphatic rings. The first kappa shape index (κ1) is 11.5. The zero-order chi connectivity index (χ0) is 10.2. The number of hydrogen-bond donors (Lipinski definition) is 1. The highest BCUT2D eigenvalue weighted by Crippen LogP contribution is 2.13. The van der Waals surface area contributed by atoms with E-state index in [-0.39, 0.29) is 6.61 Å². The van der Waals surface area contributed by atoms with E-state index in [1.807, 2.05) is 0 Å². The molecule has 0 aromatic rings. The molecule has 0 spiro atoms. The monoisotopic (exact) mass is 197 g/mol. The van der Waals surface area contributed by atoms with Crippen LogP contribution in [0.25, 0.3) is 0 Å². The molecule has 0 saturated carbocycles. The zero-order valence-corrected chi connectivity index (χ0v) is 8.61. The Hall–Kier alpha value is -0.560. The van der Waals surface area contributed by atoms with E-state index in [9.17, 15) is 0 Å². The van der Waals surface area contributed by atoms with E-state index in [0.717, 1.165) is 38.9 Å². The Labute approximate surface area is 86.0 Å². The molecule has 1 aliphatic heterocycles. The minimum Gasteiger partial charge on any atom is -0.394 e. The van der Waals surface area contributed by atoms with Gasteiger partial charge in [-0.3, -0.25) is 0 Å². The van der Waals surface area contributed by atoms with Crippen molar-refractivity contribution in [2.45, 2.75) is 25.4 Å². The summed E-state index contributed by atoms with van der Waals surface area (Å²) in [6, 6.07) is 0. The van der Waals surface area contributed by atoms with E-state index in [1.54, 1.807) is 0 Å². The number of rotatable bonds is 5. The zero-order valence-electron chi connectivity index (χ0n) is 8.61. The number of terminal acetylenes is 1. The van der Waals surface area contributed by atoms with Crippen LogP contribution in [0, 0.1) is 12.3 Å². The molecule has 0 aromatic carbocycles. The summed E-state index contributed by atoms with van der Waals surface area (Å²) in [7, 11) is 0. The molecule has 0 unspecified atom stereocenters. The van der Waals surface area contributed by atoms with Gasteiger partial charge in [0, 0.05) is 26.1 Å². The maximum atomic E-state index is 8.61. The quantitative estimate of drug-likeness (QED) is 0.651. The molecule has 14 heavy (non-hydrogen) atoms. The van der Waals surface area contributed by atoms with Gasteiger partial charge < -0.3 is 14.7 Å². The van der Waals surface area contributed by atoms with E-state index < -0.39 is 0 Å². The minimum absolute atomic E-state index is 0.122. The highest BCUT2D eigenvalue weighted by atomic mass is 16.5. The van der Waals surface area contributed by atoms with Crippen molar-refractivity contribution in [3.8, 4) is 12.3 Å². The number of aliphatic hydroxyl groups excluding tert-OH is 1. The molecule has 0 aromatic heterocycles. The molecule has 0 radical (unpaired) electrons. The fourth-order valence-corrected chi connectivity index (χ4v) is 1.74. The highest BCUT2D eigenvalue weighted by molar-refractivity contribution is 4.85. The first-order valence-corrected chi connectivity index (χ1v) is 5.25. The van der Waals surface area contributed by atoms with Gasteiger partial charge in [0.05, 0.1) is 19.3 Å². The largest absolute Gasteiger partial charge is 0.394 e. The first-order chi connectivity index (χ1) is 6.86. The van der Waals surface area contributed by atoms with Gasteiger partial charge in [0.25, 0.3) is 0 Å². The van der Waals surface area contributed by atoms with Crippen molar-refractivity contribution in [2.75, 3.05) is 32.8 Å². The summed E-state index contributed by atoms with van der Waals surface area (Å²) < 4.78 is 5.47. The second kappa shape index (κ2) is 6.83. The lowest BCUT2D eigenvalue weighted by Gasteiger charge is -2.31. The third kappa shape index (κ3) is 4.10. The molecule has 3 nitrogen and oxygen atoms in total. The average Bonchev–Trinajstić information content (AvgIpc) is 2.25. The molecule has 80 valence electrons. The van der Waals surface area contributed by atoms with Gasteiger partial charge >= 0.3 is 0 Å². The van der Waals surface area contributed by atoms with Gasteiger partial charge in [-0.05, 0) is 12.8 Å². The molecule has 1 fully saturated rings. The Morgan fingerprint density at radius 2 is 2.14 bits per heavy atom. The van der Waals surface area contributed by atoms with Crippen molar-refractivity contribution in [3.63, 3.8) is 0 Å². The second-order valence-electron chi connectivity index (χ2n) is 3.59. The maximum absolute atomic E-state index is 8.61. The normalized spacial score (nSPS) is 19.4. The van der Waals surface area contributed by atoms with Gasteiger partial charge in [0.15, 0.2) is 0 Å². The summed E-state index contributed by atoms with van der Waals surface area (Å²) >= 11 is 0. The van der Waals surface area contributed by atoms with Crippen molar-refractivity contribution in [1.29, 1.82) is 0 Å². The molecule has 0 atom stereocenters. The molecular weight excluding hydrogens is 178 g/mol. The summed E-state index contributed by atoms with van der Waals surface area (Å²) in [5.41, 5.74) is 0. The van der Waals surface area contributed by atoms with Crippen LogP contribution in [-0.2, 0) is 4.74 Å². The van der Waals surface area contributed by atoms with E-state index in [0.29, 0.717) is 12.7 Å². The van der Waals surface area contributed by atoms with Crippen LogP contribution >= 0.6 is 0 Å². The van der Waals surface area contributed by atoms with E-state index >= 15 is 0 Å². The Balaban J connectivity index is 2.09. The van der Waals surface area contributed by atoms with Crippen LogP contribution in [0.15, 0.2) is 0 Å². The van der Waals surface area contributed by atoms with Gasteiger partial charge in [-0.25, -0.2) is 0 Å². The summed E-state index contributed by atoms with van der Waals surface area (Å²) in [6.45, 7) is 3.73. The van der Waals surface area contributed by atoms with Crippen LogP contribution in [0.1, 0.15) is 19.3 Å². The maximum Gasteiger partial charge on any atom is 0.0701 e. The molecule has 1 saturated heterocycles. The van der Waals surface area contributed by atoms with Crippen LogP contribution in [0.4, 0.5) is 0 Å². The Kier molecular flexibility index (Phi) is 5.62. The van der Waals surface area contributed by atoms with Crippen LogP contribution in [0.5, 0.6) is 0 Å². The third-order valence-corrected chi connectivity index (χ3v) is 2.55. The van der Waals surface area contributed by atoms with Crippen LogP contribution in [0.3, 0.4) is 0 Å². The standard InChI is InChI=1S/C11H19NO2/c1-2-3-6-12-7-4-11(5-8-12)14-10-9-13/h1,11,13H,3-10H2. The molecular formula is C11H19NO2. The van der Waals surface area contributed by atoms with Crippen molar-refractivity contribution in [3.05, 3.63) is 0 Å². The number of hydrogen-bond acceptors (Lipinski definition) is 3. The van der Waals surface area contributed by atoms with Crippen LogP contribution in [0.2, 0.25) is 0 Å².